The molecule has 5 nitrogen and oxygen atoms in total. The number of carbonyl (C=O) groups excluding carboxylic acids is 1. The molecule has 0 radical (unpaired) electrons. The second kappa shape index (κ2) is 7.31. The van der Waals surface area contributed by atoms with Gasteiger partial charge in [0.25, 0.3) is 5.91 Å². The van der Waals surface area contributed by atoms with Crippen LogP contribution in [-0.2, 0) is 0 Å². The van der Waals surface area contributed by atoms with Crippen molar-refractivity contribution >= 4 is 23.3 Å². The van der Waals surface area contributed by atoms with Crippen LogP contribution in [0.3, 0.4) is 0 Å². The van der Waals surface area contributed by atoms with Crippen molar-refractivity contribution in [2.24, 2.45) is 0 Å². The molecule has 0 spiro atoms. The Morgan fingerprint density at radius 2 is 2.05 bits per heavy atom. The number of amides is 1. The van der Waals surface area contributed by atoms with Crippen molar-refractivity contribution in [2.45, 2.75) is 6.92 Å². The highest BCUT2D eigenvalue weighted by molar-refractivity contribution is 6.33. The lowest BCUT2D eigenvalue weighted by Gasteiger charge is -2.20. The lowest BCUT2D eigenvalue weighted by atomic mass is 10.2. The van der Waals surface area contributed by atoms with Gasteiger partial charge < -0.3 is 15.1 Å². The number of nitrogens with zero attached hydrogens (tertiary/aromatic N) is 3. The van der Waals surface area contributed by atoms with Crippen molar-refractivity contribution in [3.63, 3.8) is 0 Å². The summed E-state index contributed by atoms with van der Waals surface area (Å²) in [4.78, 5) is 20.1. The Labute approximate surface area is 119 Å². The van der Waals surface area contributed by atoms with Crippen LogP contribution in [0.25, 0.3) is 0 Å². The molecule has 106 valence electrons. The molecule has 0 atom stereocenters. The number of nitrogens with one attached hydrogen (secondary N) is 1. The molecule has 0 bridgehead atoms. The number of hydrogen-bond acceptors (Lipinski definition) is 4. The van der Waals surface area contributed by atoms with E-state index >= 15 is 0 Å². The number of hydrogen-bond donors (Lipinski definition) is 1. The van der Waals surface area contributed by atoms with E-state index in [0.717, 1.165) is 13.1 Å². The van der Waals surface area contributed by atoms with Gasteiger partial charge in [-0.15, -0.1) is 0 Å². The molecule has 19 heavy (non-hydrogen) atoms. The Hall–Kier alpha value is -1.33. The van der Waals surface area contributed by atoms with Crippen LogP contribution in [0.2, 0.25) is 5.02 Å². The van der Waals surface area contributed by atoms with Crippen LogP contribution in [-0.4, -0.2) is 61.5 Å². The van der Waals surface area contributed by atoms with Crippen LogP contribution in [0.4, 0.5) is 5.82 Å². The molecule has 0 aromatic carbocycles. The number of likely N-dealkylation sites (N-methyl/N-ethyl adjacent to an activating group) is 2. The van der Waals surface area contributed by atoms with E-state index in [1.54, 1.807) is 18.0 Å². The van der Waals surface area contributed by atoms with Gasteiger partial charge in [0.2, 0.25) is 0 Å². The van der Waals surface area contributed by atoms with Gasteiger partial charge >= 0.3 is 0 Å². The van der Waals surface area contributed by atoms with Gasteiger partial charge in [0.1, 0.15) is 5.82 Å². The summed E-state index contributed by atoms with van der Waals surface area (Å²) in [5, 5.41) is 3.45. The SMILES string of the molecule is CCNc1cc(C(=O)N(C)CCN(C)C)c(Cl)cn1. The van der Waals surface area contributed by atoms with Crippen LogP contribution >= 0.6 is 11.6 Å². The monoisotopic (exact) mass is 284 g/mol. The van der Waals surface area contributed by atoms with Crippen LogP contribution < -0.4 is 5.32 Å². The van der Waals surface area contributed by atoms with Crippen molar-refractivity contribution in [3.8, 4) is 0 Å². The Kier molecular flexibility index (Phi) is 6.05. The van der Waals surface area contributed by atoms with E-state index in [1.807, 2.05) is 25.9 Å². The smallest absolute Gasteiger partial charge is 0.255 e. The summed E-state index contributed by atoms with van der Waals surface area (Å²) < 4.78 is 0. The molecule has 1 aromatic heterocycles. The molecule has 1 aromatic rings. The molecule has 6 heteroatoms. The van der Waals surface area contributed by atoms with Crippen molar-refractivity contribution in [1.29, 1.82) is 0 Å². The second-order valence-corrected chi connectivity index (χ2v) is 5.02. The van der Waals surface area contributed by atoms with Gasteiger partial charge in [-0.25, -0.2) is 4.98 Å². The summed E-state index contributed by atoms with van der Waals surface area (Å²) in [7, 11) is 5.72. The Morgan fingerprint density at radius 3 is 2.63 bits per heavy atom. The van der Waals surface area contributed by atoms with Crippen LogP contribution in [0.5, 0.6) is 0 Å². The minimum atomic E-state index is -0.0894. The number of carbonyl (C=O) groups is 1. The third-order valence-electron chi connectivity index (χ3n) is 2.67. The highest BCUT2D eigenvalue weighted by Crippen LogP contribution is 2.19. The maximum atomic E-state index is 12.3. The van der Waals surface area contributed by atoms with Crippen LogP contribution in [0.15, 0.2) is 12.3 Å². The number of anilines is 1. The first-order valence-electron chi connectivity index (χ1n) is 6.25. The Bertz CT molecular complexity index is 437. The largest absolute Gasteiger partial charge is 0.370 e. The van der Waals surface area contributed by atoms with E-state index in [4.69, 9.17) is 11.6 Å². The van der Waals surface area contributed by atoms with Crippen molar-refractivity contribution in [3.05, 3.63) is 22.8 Å². The van der Waals surface area contributed by atoms with E-state index < -0.39 is 0 Å². The lowest BCUT2D eigenvalue weighted by molar-refractivity contribution is 0.0786. The van der Waals surface area contributed by atoms with Crippen LogP contribution in [0, 0.1) is 0 Å². The predicted molar refractivity (Wildman–Crippen MR) is 78.9 cm³/mol. The third kappa shape index (κ3) is 4.69. The molecule has 0 aliphatic heterocycles. The lowest BCUT2D eigenvalue weighted by Crippen LogP contribution is -2.33. The van der Waals surface area contributed by atoms with Gasteiger partial charge in [0.05, 0.1) is 10.6 Å². The first kappa shape index (κ1) is 15.7. The number of halogens is 1. The molecule has 0 unspecified atom stereocenters. The number of pyridine rings is 1. The summed E-state index contributed by atoms with van der Waals surface area (Å²) in [6.07, 6.45) is 1.51. The summed E-state index contributed by atoms with van der Waals surface area (Å²) >= 11 is 6.05. The molecule has 0 aliphatic carbocycles. The van der Waals surface area contributed by atoms with Crippen molar-refractivity contribution < 1.29 is 4.79 Å². The molecular weight excluding hydrogens is 264 g/mol. The molecular formula is C13H21ClN4O. The first-order chi connectivity index (χ1) is 8.95. The standard InChI is InChI=1S/C13H21ClN4O/c1-5-15-12-8-10(11(14)9-16-12)13(19)18(4)7-6-17(2)3/h8-9H,5-7H2,1-4H3,(H,15,16). The number of aromatic nitrogens is 1. The molecule has 0 fully saturated rings. The van der Waals surface area contributed by atoms with E-state index in [-0.39, 0.29) is 5.91 Å². The molecule has 1 amide bonds. The summed E-state index contributed by atoms with van der Waals surface area (Å²) in [5.41, 5.74) is 0.480. The highest BCUT2D eigenvalue weighted by Gasteiger charge is 2.16. The average Bonchev–Trinajstić information content (AvgIpc) is 2.37. The van der Waals surface area contributed by atoms with Gasteiger partial charge in [0.15, 0.2) is 0 Å². The molecule has 0 aliphatic rings. The van der Waals surface area contributed by atoms with Gasteiger partial charge in [-0.05, 0) is 27.1 Å². The quantitative estimate of drug-likeness (QED) is 0.865. The van der Waals surface area contributed by atoms with Gasteiger partial charge in [-0.2, -0.15) is 0 Å². The number of rotatable bonds is 6. The fourth-order valence-corrected chi connectivity index (χ4v) is 1.72. The van der Waals surface area contributed by atoms with E-state index in [0.29, 0.717) is 22.9 Å². The molecule has 1 N–H and O–H groups in total. The average molecular weight is 285 g/mol. The van der Waals surface area contributed by atoms with Gasteiger partial charge in [0, 0.05) is 32.9 Å². The Morgan fingerprint density at radius 1 is 1.37 bits per heavy atom. The predicted octanol–water partition coefficient (Wildman–Crippen LogP) is 1.80. The minimum Gasteiger partial charge on any atom is -0.370 e. The summed E-state index contributed by atoms with van der Waals surface area (Å²) in [5.74, 6) is 0.574. The summed E-state index contributed by atoms with van der Waals surface area (Å²) in [6.45, 7) is 4.19. The van der Waals surface area contributed by atoms with Gasteiger partial charge in [-0.3, -0.25) is 4.79 Å². The first-order valence-corrected chi connectivity index (χ1v) is 6.63. The maximum Gasteiger partial charge on any atom is 0.255 e. The maximum absolute atomic E-state index is 12.3. The van der Waals surface area contributed by atoms with Crippen molar-refractivity contribution in [1.82, 2.24) is 14.8 Å². The summed E-state index contributed by atoms with van der Waals surface area (Å²) in [6, 6.07) is 1.69. The zero-order valence-electron chi connectivity index (χ0n) is 11.9. The Balaban J connectivity index is 2.82. The fraction of sp³-hybridized carbons (Fsp3) is 0.538. The zero-order valence-corrected chi connectivity index (χ0v) is 12.7. The molecule has 0 saturated heterocycles. The topological polar surface area (TPSA) is 48.5 Å². The van der Waals surface area contributed by atoms with Crippen molar-refractivity contribution in [2.75, 3.05) is 46.1 Å². The zero-order chi connectivity index (χ0) is 14.4. The van der Waals surface area contributed by atoms with E-state index in [1.165, 1.54) is 6.20 Å². The van der Waals surface area contributed by atoms with Gasteiger partial charge in [-0.1, -0.05) is 11.6 Å². The van der Waals surface area contributed by atoms with Crippen LogP contribution in [0.1, 0.15) is 17.3 Å². The van der Waals surface area contributed by atoms with E-state index in [2.05, 4.69) is 10.3 Å². The third-order valence-corrected chi connectivity index (χ3v) is 2.97. The van der Waals surface area contributed by atoms with E-state index in [9.17, 15) is 4.79 Å². The molecule has 1 rings (SSSR count). The second-order valence-electron chi connectivity index (χ2n) is 4.61. The minimum absolute atomic E-state index is 0.0894. The normalized spacial score (nSPS) is 10.6. The fourth-order valence-electron chi connectivity index (χ4n) is 1.54. The molecule has 0 saturated carbocycles. The highest BCUT2D eigenvalue weighted by atomic mass is 35.5. The molecule has 1 heterocycles.